The van der Waals surface area contributed by atoms with Gasteiger partial charge in [-0.25, -0.2) is 0 Å². The maximum atomic E-state index is 2.46. The molecule has 204 valence electrons. The van der Waals surface area contributed by atoms with Crippen molar-refractivity contribution < 1.29 is 0 Å². The maximum absolute atomic E-state index is 2.46. The average molecular weight is 559 g/mol. The number of aromatic nitrogens is 2. The van der Waals surface area contributed by atoms with Gasteiger partial charge in [-0.3, -0.25) is 0 Å². The van der Waals surface area contributed by atoms with Gasteiger partial charge in [0.05, 0.1) is 27.6 Å². The van der Waals surface area contributed by atoms with E-state index in [0.29, 0.717) is 0 Å². The van der Waals surface area contributed by atoms with Gasteiger partial charge in [0.25, 0.3) is 0 Å². The Hall–Kier alpha value is -5.86. The fourth-order valence-electron chi connectivity index (χ4n) is 7.57. The Bertz CT molecular complexity index is 2710. The van der Waals surface area contributed by atoms with Gasteiger partial charge >= 0.3 is 0 Å². The van der Waals surface area contributed by atoms with E-state index in [1.54, 1.807) is 0 Å². The van der Waals surface area contributed by atoms with E-state index in [1.807, 2.05) is 0 Å². The highest BCUT2D eigenvalue weighted by molar-refractivity contribution is 6.27. The van der Waals surface area contributed by atoms with Crippen LogP contribution in [0.3, 0.4) is 0 Å². The van der Waals surface area contributed by atoms with Gasteiger partial charge in [0, 0.05) is 38.0 Å². The van der Waals surface area contributed by atoms with E-state index >= 15 is 0 Å². The van der Waals surface area contributed by atoms with Gasteiger partial charge in [-0.15, -0.1) is 0 Å². The zero-order valence-corrected chi connectivity index (χ0v) is 23.9. The molecule has 0 aliphatic heterocycles. The van der Waals surface area contributed by atoms with Gasteiger partial charge in [0.15, 0.2) is 0 Å². The maximum Gasteiger partial charge on any atom is 0.0626 e. The van der Waals surface area contributed by atoms with Crippen molar-refractivity contribution in [3.8, 4) is 27.9 Å². The molecule has 10 aromatic rings. The molecule has 7 aromatic carbocycles. The lowest BCUT2D eigenvalue weighted by molar-refractivity contribution is 1.18. The van der Waals surface area contributed by atoms with Crippen LogP contribution in [0.4, 0.5) is 0 Å². The summed E-state index contributed by atoms with van der Waals surface area (Å²) < 4.78 is 4.90. The van der Waals surface area contributed by atoms with Gasteiger partial charge in [-0.05, 0) is 58.7 Å². The normalized spacial score (nSPS) is 12.1. The fourth-order valence-corrected chi connectivity index (χ4v) is 7.57. The van der Waals surface area contributed by atoms with Crippen LogP contribution in [0.25, 0.3) is 87.8 Å². The molecule has 0 aliphatic rings. The first-order chi connectivity index (χ1) is 21.8. The van der Waals surface area contributed by atoms with Crippen LogP contribution in [0.2, 0.25) is 0 Å². The third kappa shape index (κ3) is 3.14. The lowest BCUT2D eigenvalue weighted by Gasteiger charge is -2.12. The van der Waals surface area contributed by atoms with Gasteiger partial charge in [0.2, 0.25) is 0 Å². The number of hydrogen-bond acceptors (Lipinski definition) is 0. The number of nitrogens with zero attached hydrogens (tertiary/aromatic N) is 2. The van der Waals surface area contributed by atoms with Crippen LogP contribution in [-0.2, 0) is 0 Å². The summed E-state index contributed by atoms with van der Waals surface area (Å²) in [5.41, 5.74) is 12.4. The Balaban J connectivity index is 1.28. The Morgan fingerprint density at radius 1 is 0.341 bits per heavy atom. The van der Waals surface area contributed by atoms with Crippen molar-refractivity contribution in [2.75, 3.05) is 0 Å². The number of fused-ring (bicyclic) bond motifs is 9. The summed E-state index contributed by atoms with van der Waals surface area (Å²) in [4.78, 5) is 0. The van der Waals surface area contributed by atoms with E-state index in [2.05, 4.69) is 167 Å². The SMILES string of the molecule is c1ccc(-c2cccc(-n3c4ccccc4c4ccc(-c5ccc6c7ccccc7n7c8ccccc8c5c67)cc43)c2)cc1. The molecule has 2 nitrogen and oxygen atoms in total. The zero-order chi connectivity index (χ0) is 28.8. The molecule has 44 heavy (non-hydrogen) atoms. The average Bonchev–Trinajstić information content (AvgIpc) is 3.73. The molecule has 0 saturated heterocycles. The Morgan fingerprint density at radius 2 is 0.955 bits per heavy atom. The highest BCUT2D eigenvalue weighted by Gasteiger charge is 2.21. The summed E-state index contributed by atoms with van der Waals surface area (Å²) in [5, 5.41) is 7.76. The lowest BCUT2D eigenvalue weighted by atomic mass is 9.96. The monoisotopic (exact) mass is 558 g/mol. The van der Waals surface area contributed by atoms with E-state index < -0.39 is 0 Å². The van der Waals surface area contributed by atoms with Crippen molar-refractivity contribution in [2.24, 2.45) is 0 Å². The molecule has 0 aliphatic carbocycles. The Morgan fingerprint density at radius 3 is 1.77 bits per heavy atom. The molecule has 0 atom stereocenters. The van der Waals surface area contributed by atoms with Gasteiger partial charge in [-0.1, -0.05) is 121 Å². The highest BCUT2D eigenvalue weighted by Crippen LogP contribution is 2.44. The van der Waals surface area contributed by atoms with Crippen molar-refractivity contribution in [3.05, 3.63) is 158 Å². The summed E-state index contributed by atoms with van der Waals surface area (Å²) in [5.74, 6) is 0. The molecule has 0 radical (unpaired) electrons. The lowest BCUT2D eigenvalue weighted by Crippen LogP contribution is -1.94. The predicted octanol–water partition coefficient (Wildman–Crippen LogP) is 11.3. The molecular weight excluding hydrogens is 532 g/mol. The number of benzene rings is 7. The molecule has 3 aromatic heterocycles. The number of para-hydroxylation sites is 3. The molecule has 0 spiro atoms. The summed E-state index contributed by atoms with van der Waals surface area (Å²) in [6.45, 7) is 0. The van der Waals surface area contributed by atoms with Crippen LogP contribution in [0.5, 0.6) is 0 Å². The second kappa shape index (κ2) is 8.82. The van der Waals surface area contributed by atoms with Crippen molar-refractivity contribution in [3.63, 3.8) is 0 Å². The first kappa shape index (κ1) is 23.7. The Labute approximate surface area is 254 Å². The molecule has 0 saturated carbocycles. The molecule has 0 amide bonds. The fraction of sp³-hybridized carbons (Fsp3) is 0. The largest absolute Gasteiger partial charge is 0.309 e. The molecule has 0 fully saturated rings. The summed E-state index contributed by atoms with van der Waals surface area (Å²) in [6, 6.07) is 57.6. The minimum atomic E-state index is 1.17. The quantitative estimate of drug-likeness (QED) is 0.204. The Kier molecular flexibility index (Phi) is 4.75. The van der Waals surface area contributed by atoms with Crippen molar-refractivity contribution in [1.82, 2.24) is 8.97 Å². The molecule has 3 heterocycles. The third-order valence-electron chi connectivity index (χ3n) is 9.45. The van der Waals surface area contributed by atoms with Crippen LogP contribution >= 0.6 is 0 Å². The zero-order valence-electron chi connectivity index (χ0n) is 23.9. The molecule has 2 heteroatoms. The predicted molar refractivity (Wildman–Crippen MR) is 186 cm³/mol. The molecule has 0 bridgehead atoms. The molecular formula is C42H26N2. The van der Waals surface area contributed by atoms with Gasteiger partial charge in [-0.2, -0.15) is 0 Å². The van der Waals surface area contributed by atoms with E-state index in [-0.39, 0.29) is 0 Å². The van der Waals surface area contributed by atoms with Crippen LogP contribution in [0.15, 0.2) is 158 Å². The van der Waals surface area contributed by atoms with Gasteiger partial charge in [0.1, 0.15) is 0 Å². The van der Waals surface area contributed by atoms with Crippen LogP contribution in [0.1, 0.15) is 0 Å². The minimum Gasteiger partial charge on any atom is -0.309 e. The van der Waals surface area contributed by atoms with Gasteiger partial charge < -0.3 is 8.97 Å². The second-order valence-corrected chi connectivity index (χ2v) is 11.8. The van der Waals surface area contributed by atoms with Crippen LogP contribution < -0.4 is 0 Å². The molecule has 0 N–H and O–H groups in total. The summed E-state index contributed by atoms with van der Waals surface area (Å²) >= 11 is 0. The van der Waals surface area contributed by atoms with Crippen molar-refractivity contribution >= 4 is 59.9 Å². The minimum absolute atomic E-state index is 1.17. The molecule has 10 rings (SSSR count). The van der Waals surface area contributed by atoms with E-state index in [4.69, 9.17) is 0 Å². The first-order valence-corrected chi connectivity index (χ1v) is 15.2. The van der Waals surface area contributed by atoms with Crippen molar-refractivity contribution in [2.45, 2.75) is 0 Å². The van der Waals surface area contributed by atoms with Crippen molar-refractivity contribution in [1.29, 1.82) is 0 Å². The number of rotatable bonds is 3. The topological polar surface area (TPSA) is 9.34 Å². The third-order valence-corrected chi connectivity index (χ3v) is 9.45. The molecule has 0 unspecified atom stereocenters. The smallest absolute Gasteiger partial charge is 0.0626 e. The summed E-state index contributed by atoms with van der Waals surface area (Å²) in [6.07, 6.45) is 0. The van der Waals surface area contributed by atoms with E-state index in [9.17, 15) is 0 Å². The van der Waals surface area contributed by atoms with Crippen LogP contribution in [0, 0.1) is 0 Å². The van der Waals surface area contributed by atoms with E-state index in [0.717, 1.165) is 0 Å². The van der Waals surface area contributed by atoms with Crippen LogP contribution in [-0.4, -0.2) is 8.97 Å². The highest BCUT2D eigenvalue weighted by atomic mass is 15.0. The van der Waals surface area contributed by atoms with E-state index in [1.165, 1.54) is 87.8 Å². The first-order valence-electron chi connectivity index (χ1n) is 15.2. The standard InChI is InChI=1S/C42H26N2/c1-2-11-27(12-3-1)28-13-10-14-30(25-28)43-37-18-7-4-15-32(37)34-22-21-29(26-40(34)43)31-23-24-35-33-16-5-8-19-38(33)44-39-20-9-6-17-36(39)41(31)42(35)44/h1-26H. The second-order valence-electron chi connectivity index (χ2n) is 11.8. The summed E-state index contributed by atoms with van der Waals surface area (Å²) in [7, 11) is 0. The number of hydrogen-bond donors (Lipinski definition) is 0.